The van der Waals surface area contributed by atoms with Crippen molar-refractivity contribution in [1.29, 1.82) is 0 Å². The Bertz CT molecular complexity index is 597. The van der Waals surface area contributed by atoms with E-state index in [0.717, 1.165) is 31.8 Å². The Hall–Kier alpha value is -2.28. The highest BCUT2D eigenvalue weighted by Gasteiger charge is 2.23. The number of likely N-dealkylation sites (tertiary alicyclic amines) is 1. The molecule has 1 aromatic rings. The first kappa shape index (κ1) is 21.0. The van der Waals surface area contributed by atoms with Crippen molar-refractivity contribution in [2.24, 2.45) is 4.99 Å². The molecule has 150 valence electrons. The summed E-state index contributed by atoms with van der Waals surface area (Å²) in [5.74, 6) is 1.48. The van der Waals surface area contributed by atoms with Crippen molar-refractivity contribution in [2.45, 2.75) is 32.2 Å². The van der Waals surface area contributed by atoms with Crippen LogP contribution in [0.2, 0.25) is 0 Å². The SMILES string of the molecule is CCCNC(=O)CNC(=NC)NCC(c1ccc(OC)cc1)N1CCCC1. The van der Waals surface area contributed by atoms with Gasteiger partial charge in [-0.3, -0.25) is 14.7 Å². The minimum absolute atomic E-state index is 0.0222. The van der Waals surface area contributed by atoms with Crippen LogP contribution in [-0.4, -0.2) is 63.6 Å². The number of ether oxygens (including phenoxy) is 1. The first-order valence-corrected chi connectivity index (χ1v) is 9.77. The van der Waals surface area contributed by atoms with Crippen LogP contribution in [0.3, 0.4) is 0 Å². The van der Waals surface area contributed by atoms with Gasteiger partial charge in [-0.25, -0.2) is 0 Å². The first-order chi connectivity index (χ1) is 13.2. The maximum Gasteiger partial charge on any atom is 0.239 e. The van der Waals surface area contributed by atoms with Crippen LogP contribution in [-0.2, 0) is 4.79 Å². The lowest BCUT2D eigenvalue weighted by Crippen LogP contribution is -2.46. The van der Waals surface area contributed by atoms with Crippen LogP contribution >= 0.6 is 0 Å². The molecule has 1 unspecified atom stereocenters. The lowest BCUT2D eigenvalue weighted by Gasteiger charge is -2.29. The summed E-state index contributed by atoms with van der Waals surface area (Å²) in [6.07, 6.45) is 3.40. The molecule has 3 N–H and O–H groups in total. The van der Waals surface area contributed by atoms with Gasteiger partial charge in [-0.15, -0.1) is 0 Å². The molecule has 1 fully saturated rings. The van der Waals surface area contributed by atoms with Crippen molar-refractivity contribution in [2.75, 3.05) is 46.9 Å². The Morgan fingerprint density at radius 1 is 1.19 bits per heavy atom. The van der Waals surface area contributed by atoms with Gasteiger partial charge in [0, 0.05) is 20.1 Å². The second-order valence-corrected chi connectivity index (χ2v) is 6.69. The van der Waals surface area contributed by atoms with Crippen LogP contribution in [0.15, 0.2) is 29.3 Å². The average molecular weight is 376 g/mol. The van der Waals surface area contributed by atoms with E-state index < -0.39 is 0 Å². The number of nitrogens with zero attached hydrogens (tertiary/aromatic N) is 2. The molecule has 0 radical (unpaired) electrons. The Morgan fingerprint density at radius 3 is 2.48 bits per heavy atom. The molecule has 1 heterocycles. The number of guanidine groups is 1. The average Bonchev–Trinajstić information content (AvgIpc) is 3.23. The van der Waals surface area contributed by atoms with Gasteiger partial charge in [-0.05, 0) is 50.0 Å². The quantitative estimate of drug-likeness (QED) is 0.451. The molecule has 2 rings (SSSR count). The molecule has 0 saturated carbocycles. The molecule has 0 bridgehead atoms. The zero-order chi connectivity index (χ0) is 19.5. The van der Waals surface area contributed by atoms with E-state index in [0.29, 0.717) is 12.5 Å². The number of amides is 1. The smallest absolute Gasteiger partial charge is 0.239 e. The number of aliphatic imine (C=N–C) groups is 1. The van der Waals surface area contributed by atoms with Gasteiger partial charge in [0.25, 0.3) is 0 Å². The van der Waals surface area contributed by atoms with Crippen molar-refractivity contribution in [3.8, 4) is 5.75 Å². The van der Waals surface area contributed by atoms with Crippen molar-refractivity contribution >= 4 is 11.9 Å². The maximum absolute atomic E-state index is 11.8. The van der Waals surface area contributed by atoms with Crippen LogP contribution < -0.4 is 20.7 Å². The molecule has 0 aliphatic carbocycles. The maximum atomic E-state index is 11.8. The van der Waals surface area contributed by atoms with Gasteiger partial charge in [0.05, 0.1) is 19.7 Å². The van der Waals surface area contributed by atoms with Gasteiger partial charge in [-0.1, -0.05) is 19.1 Å². The number of nitrogens with one attached hydrogen (secondary N) is 3. The minimum atomic E-state index is -0.0222. The van der Waals surface area contributed by atoms with E-state index in [4.69, 9.17) is 4.74 Å². The largest absolute Gasteiger partial charge is 0.497 e. The highest BCUT2D eigenvalue weighted by atomic mass is 16.5. The summed E-state index contributed by atoms with van der Waals surface area (Å²) in [5, 5.41) is 9.31. The fourth-order valence-electron chi connectivity index (χ4n) is 3.24. The molecular formula is C20H33N5O2. The predicted molar refractivity (Wildman–Crippen MR) is 109 cm³/mol. The number of rotatable bonds is 9. The standard InChI is InChI=1S/C20H33N5O2/c1-4-11-22-19(26)15-24-20(21-2)23-14-18(25-12-5-6-13-25)16-7-9-17(27-3)10-8-16/h7-10,18H,4-6,11-15H2,1-3H3,(H,22,26)(H2,21,23,24). The third-order valence-electron chi connectivity index (χ3n) is 4.76. The number of methoxy groups -OCH3 is 1. The van der Waals surface area contributed by atoms with Crippen molar-refractivity contribution in [1.82, 2.24) is 20.9 Å². The predicted octanol–water partition coefficient (Wildman–Crippen LogP) is 1.52. The zero-order valence-corrected chi connectivity index (χ0v) is 16.8. The molecule has 1 aromatic carbocycles. The second kappa shape index (κ2) is 11.4. The molecule has 27 heavy (non-hydrogen) atoms. The van der Waals surface area contributed by atoms with Gasteiger partial charge < -0.3 is 20.7 Å². The molecule has 1 saturated heterocycles. The van der Waals surface area contributed by atoms with Gasteiger partial charge in [0.1, 0.15) is 5.75 Å². The van der Waals surface area contributed by atoms with E-state index in [1.807, 2.05) is 19.1 Å². The third kappa shape index (κ3) is 6.75. The lowest BCUT2D eigenvalue weighted by atomic mass is 10.1. The monoisotopic (exact) mass is 375 g/mol. The summed E-state index contributed by atoms with van der Waals surface area (Å²) in [4.78, 5) is 18.5. The number of hydrogen-bond donors (Lipinski definition) is 3. The molecule has 0 aromatic heterocycles. The van der Waals surface area contributed by atoms with Crippen LogP contribution in [0.25, 0.3) is 0 Å². The van der Waals surface area contributed by atoms with E-state index in [9.17, 15) is 4.79 Å². The van der Waals surface area contributed by atoms with E-state index in [1.165, 1.54) is 18.4 Å². The number of benzene rings is 1. The highest BCUT2D eigenvalue weighted by molar-refractivity contribution is 5.86. The number of carbonyl (C=O) groups excluding carboxylic acids is 1. The highest BCUT2D eigenvalue weighted by Crippen LogP contribution is 2.26. The van der Waals surface area contributed by atoms with Gasteiger partial charge in [0.15, 0.2) is 5.96 Å². The van der Waals surface area contributed by atoms with Crippen molar-refractivity contribution < 1.29 is 9.53 Å². The summed E-state index contributed by atoms with van der Waals surface area (Å²) in [6, 6.07) is 8.51. The Kier molecular flexibility index (Phi) is 8.91. The summed E-state index contributed by atoms with van der Waals surface area (Å²) in [5.41, 5.74) is 1.25. The summed E-state index contributed by atoms with van der Waals surface area (Å²) in [6.45, 7) is 5.87. The van der Waals surface area contributed by atoms with Gasteiger partial charge >= 0.3 is 0 Å². The molecule has 7 nitrogen and oxygen atoms in total. The summed E-state index contributed by atoms with van der Waals surface area (Å²) in [7, 11) is 3.40. The van der Waals surface area contributed by atoms with E-state index in [1.54, 1.807) is 14.2 Å². The Morgan fingerprint density at radius 2 is 1.89 bits per heavy atom. The topological polar surface area (TPSA) is 78.0 Å². The van der Waals surface area contributed by atoms with Crippen LogP contribution in [0.4, 0.5) is 0 Å². The fraction of sp³-hybridized carbons (Fsp3) is 0.600. The third-order valence-corrected chi connectivity index (χ3v) is 4.76. The molecule has 0 spiro atoms. The first-order valence-electron chi connectivity index (χ1n) is 9.77. The fourth-order valence-corrected chi connectivity index (χ4v) is 3.24. The minimum Gasteiger partial charge on any atom is -0.497 e. The van der Waals surface area contributed by atoms with Gasteiger partial charge in [0.2, 0.25) is 5.91 Å². The molecule has 7 heteroatoms. The Balaban J connectivity index is 1.94. The molecular weight excluding hydrogens is 342 g/mol. The zero-order valence-electron chi connectivity index (χ0n) is 16.8. The van der Waals surface area contributed by atoms with E-state index >= 15 is 0 Å². The summed E-state index contributed by atoms with van der Waals surface area (Å²) < 4.78 is 5.28. The van der Waals surface area contributed by atoms with E-state index in [2.05, 4.69) is 38.0 Å². The molecule has 1 atom stereocenters. The lowest BCUT2D eigenvalue weighted by molar-refractivity contribution is -0.120. The number of carbonyl (C=O) groups is 1. The molecule has 1 amide bonds. The van der Waals surface area contributed by atoms with Crippen molar-refractivity contribution in [3.63, 3.8) is 0 Å². The normalized spacial score (nSPS) is 16.0. The van der Waals surface area contributed by atoms with Gasteiger partial charge in [-0.2, -0.15) is 0 Å². The second-order valence-electron chi connectivity index (χ2n) is 6.69. The number of hydrogen-bond acceptors (Lipinski definition) is 4. The van der Waals surface area contributed by atoms with Crippen LogP contribution in [0.1, 0.15) is 37.8 Å². The van der Waals surface area contributed by atoms with Crippen molar-refractivity contribution in [3.05, 3.63) is 29.8 Å². The summed E-state index contributed by atoms with van der Waals surface area (Å²) >= 11 is 0. The van der Waals surface area contributed by atoms with E-state index in [-0.39, 0.29) is 18.5 Å². The molecule has 1 aliphatic heterocycles. The van der Waals surface area contributed by atoms with Crippen LogP contribution in [0.5, 0.6) is 5.75 Å². The Labute approximate surface area is 162 Å². The van der Waals surface area contributed by atoms with Crippen LogP contribution in [0, 0.1) is 0 Å². The molecule has 1 aliphatic rings.